The Bertz CT molecular complexity index is 1090. The number of hydrogen-bond donors (Lipinski definition) is 2. The van der Waals surface area contributed by atoms with Crippen molar-refractivity contribution < 1.29 is 13.9 Å². The number of aromatic nitrogens is 2. The van der Waals surface area contributed by atoms with Gasteiger partial charge in [-0.05, 0) is 29.8 Å². The molecule has 0 unspecified atom stereocenters. The number of carbonyl (C=O) groups excluding carboxylic acids is 1. The number of hydrogen-bond acceptors (Lipinski definition) is 3. The van der Waals surface area contributed by atoms with E-state index in [0.29, 0.717) is 29.1 Å². The molecule has 0 aliphatic rings. The van der Waals surface area contributed by atoms with Crippen LogP contribution in [0.4, 0.5) is 10.2 Å². The molecule has 0 aliphatic carbocycles. The number of nitrogens with zero attached hydrogens (tertiary/aromatic N) is 1. The Balaban J connectivity index is 1.51. The summed E-state index contributed by atoms with van der Waals surface area (Å²) < 4.78 is 19.5. The highest BCUT2D eigenvalue weighted by Gasteiger charge is 2.14. The predicted octanol–water partition coefficient (Wildman–Crippen LogP) is 4.53. The van der Waals surface area contributed by atoms with Gasteiger partial charge in [0.1, 0.15) is 18.2 Å². The quantitative estimate of drug-likeness (QED) is 0.549. The molecule has 2 N–H and O–H groups in total. The zero-order valence-electron chi connectivity index (χ0n) is 14.3. The van der Waals surface area contributed by atoms with Crippen LogP contribution in [0.3, 0.4) is 0 Å². The average Bonchev–Trinajstić information content (AvgIpc) is 3.09. The lowest BCUT2D eigenvalue weighted by Gasteiger charge is -2.06. The Kier molecular flexibility index (Phi) is 4.53. The van der Waals surface area contributed by atoms with E-state index in [1.165, 1.54) is 18.2 Å². The van der Waals surface area contributed by atoms with Gasteiger partial charge < -0.3 is 10.1 Å². The molecule has 0 spiro atoms. The molecule has 0 bridgehead atoms. The maximum atomic E-state index is 13.8. The average molecular weight is 361 g/mol. The van der Waals surface area contributed by atoms with Crippen LogP contribution >= 0.6 is 0 Å². The molecule has 4 rings (SSSR count). The number of carbonyl (C=O) groups is 1. The zero-order valence-corrected chi connectivity index (χ0v) is 14.3. The SMILES string of the molecule is O=C(Nc1n[nH]c2cc(OCc3ccccc3)ccc12)c1ccccc1F. The van der Waals surface area contributed by atoms with Crippen LogP contribution in [0.5, 0.6) is 5.75 Å². The minimum Gasteiger partial charge on any atom is -0.489 e. The Morgan fingerprint density at radius 1 is 1.04 bits per heavy atom. The normalized spacial score (nSPS) is 10.7. The van der Waals surface area contributed by atoms with Gasteiger partial charge >= 0.3 is 0 Å². The molecule has 0 radical (unpaired) electrons. The third-order valence-corrected chi connectivity index (χ3v) is 4.13. The smallest absolute Gasteiger partial charge is 0.259 e. The molecule has 1 amide bonds. The molecule has 0 aliphatic heterocycles. The highest BCUT2D eigenvalue weighted by Crippen LogP contribution is 2.26. The summed E-state index contributed by atoms with van der Waals surface area (Å²) in [6.07, 6.45) is 0. The lowest BCUT2D eigenvalue weighted by atomic mass is 10.2. The fourth-order valence-electron chi connectivity index (χ4n) is 2.74. The van der Waals surface area contributed by atoms with Crippen LogP contribution < -0.4 is 10.1 Å². The van der Waals surface area contributed by atoms with E-state index >= 15 is 0 Å². The maximum Gasteiger partial charge on any atom is 0.259 e. The topological polar surface area (TPSA) is 67.0 Å². The Morgan fingerprint density at radius 3 is 2.63 bits per heavy atom. The Hall–Kier alpha value is -3.67. The monoisotopic (exact) mass is 361 g/mol. The van der Waals surface area contributed by atoms with Crippen molar-refractivity contribution in [2.24, 2.45) is 0 Å². The van der Waals surface area contributed by atoms with Crippen molar-refractivity contribution >= 4 is 22.6 Å². The van der Waals surface area contributed by atoms with Crippen LogP contribution in [0.25, 0.3) is 10.9 Å². The van der Waals surface area contributed by atoms with Crippen molar-refractivity contribution in [2.75, 3.05) is 5.32 Å². The van der Waals surface area contributed by atoms with Crippen LogP contribution in [0.2, 0.25) is 0 Å². The number of aromatic amines is 1. The molecule has 6 heteroatoms. The number of nitrogens with one attached hydrogen (secondary N) is 2. The largest absolute Gasteiger partial charge is 0.489 e. The summed E-state index contributed by atoms with van der Waals surface area (Å²) in [4.78, 5) is 12.3. The molecule has 1 heterocycles. The predicted molar refractivity (Wildman–Crippen MR) is 101 cm³/mol. The van der Waals surface area contributed by atoms with E-state index in [4.69, 9.17) is 4.74 Å². The molecule has 5 nitrogen and oxygen atoms in total. The molecular formula is C21H16FN3O2. The fourth-order valence-corrected chi connectivity index (χ4v) is 2.74. The van der Waals surface area contributed by atoms with Gasteiger partial charge in [0.2, 0.25) is 0 Å². The van der Waals surface area contributed by atoms with Gasteiger partial charge in [0.15, 0.2) is 5.82 Å². The van der Waals surface area contributed by atoms with Gasteiger partial charge in [-0.1, -0.05) is 42.5 Å². The van der Waals surface area contributed by atoms with Crippen molar-refractivity contribution in [1.82, 2.24) is 10.2 Å². The van der Waals surface area contributed by atoms with Gasteiger partial charge in [-0.3, -0.25) is 9.89 Å². The molecule has 0 saturated heterocycles. The zero-order chi connectivity index (χ0) is 18.6. The Morgan fingerprint density at radius 2 is 1.81 bits per heavy atom. The van der Waals surface area contributed by atoms with Crippen molar-refractivity contribution in [3.05, 3.63) is 89.7 Å². The van der Waals surface area contributed by atoms with E-state index in [1.807, 2.05) is 36.4 Å². The summed E-state index contributed by atoms with van der Waals surface area (Å²) in [6.45, 7) is 0.456. The fraction of sp³-hybridized carbons (Fsp3) is 0.0476. The summed E-state index contributed by atoms with van der Waals surface area (Å²) >= 11 is 0. The minimum atomic E-state index is -0.577. The summed E-state index contributed by atoms with van der Waals surface area (Å²) in [7, 11) is 0. The molecule has 0 fully saturated rings. The number of H-pyrrole nitrogens is 1. The minimum absolute atomic E-state index is 0.0311. The van der Waals surface area contributed by atoms with Gasteiger partial charge in [-0.15, -0.1) is 0 Å². The second kappa shape index (κ2) is 7.29. The summed E-state index contributed by atoms with van der Waals surface area (Å²) in [5.41, 5.74) is 1.75. The maximum absolute atomic E-state index is 13.8. The van der Waals surface area contributed by atoms with E-state index in [0.717, 1.165) is 5.56 Å². The van der Waals surface area contributed by atoms with Gasteiger partial charge in [0.25, 0.3) is 5.91 Å². The highest BCUT2D eigenvalue weighted by atomic mass is 19.1. The number of ether oxygens (including phenoxy) is 1. The number of rotatable bonds is 5. The lowest BCUT2D eigenvalue weighted by Crippen LogP contribution is -2.14. The van der Waals surface area contributed by atoms with Crippen molar-refractivity contribution in [1.29, 1.82) is 0 Å². The van der Waals surface area contributed by atoms with Crippen LogP contribution in [0.1, 0.15) is 15.9 Å². The van der Waals surface area contributed by atoms with Crippen LogP contribution in [0.15, 0.2) is 72.8 Å². The van der Waals surface area contributed by atoms with E-state index in [-0.39, 0.29) is 5.56 Å². The first kappa shape index (κ1) is 16.8. The first-order valence-corrected chi connectivity index (χ1v) is 8.41. The van der Waals surface area contributed by atoms with Crippen molar-refractivity contribution in [2.45, 2.75) is 6.61 Å². The first-order chi connectivity index (χ1) is 13.2. The molecule has 27 heavy (non-hydrogen) atoms. The summed E-state index contributed by atoms with van der Waals surface area (Å²) in [5, 5.41) is 10.3. The van der Waals surface area contributed by atoms with E-state index in [2.05, 4.69) is 15.5 Å². The molecule has 1 aromatic heterocycles. The first-order valence-electron chi connectivity index (χ1n) is 8.41. The molecule has 3 aromatic carbocycles. The third kappa shape index (κ3) is 3.64. The van der Waals surface area contributed by atoms with E-state index in [1.54, 1.807) is 18.2 Å². The number of halogens is 1. The number of anilines is 1. The van der Waals surface area contributed by atoms with Crippen molar-refractivity contribution in [3.8, 4) is 5.75 Å². The standard InChI is InChI=1S/C21H16FN3O2/c22-18-9-5-4-8-16(18)21(26)23-20-17-11-10-15(12-19(17)24-25-20)27-13-14-6-2-1-3-7-14/h1-12H,13H2,(H2,23,24,25,26). The van der Waals surface area contributed by atoms with Gasteiger partial charge in [-0.2, -0.15) is 5.10 Å². The second-order valence-corrected chi connectivity index (χ2v) is 5.99. The van der Waals surface area contributed by atoms with Gasteiger partial charge in [-0.25, -0.2) is 4.39 Å². The molecule has 4 aromatic rings. The Labute approximate surface area is 154 Å². The summed E-state index contributed by atoms with van der Waals surface area (Å²) in [5.74, 6) is -0.104. The summed E-state index contributed by atoms with van der Waals surface area (Å²) in [6, 6.07) is 21.1. The molecule has 134 valence electrons. The van der Waals surface area contributed by atoms with Crippen molar-refractivity contribution in [3.63, 3.8) is 0 Å². The molecule has 0 atom stereocenters. The van der Waals surface area contributed by atoms with E-state index in [9.17, 15) is 9.18 Å². The van der Waals surface area contributed by atoms with Crippen LogP contribution in [-0.4, -0.2) is 16.1 Å². The van der Waals surface area contributed by atoms with Gasteiger partial charge in [0.05, 0.1) is 11.1 Å². The second-order valence-electron chi connectivity index (χ2n) is 5.99. The van der Waals surface area contributed by atoms with Crippen LogP contribution in [0, 0.1) is 5.82 Å². The highest BCUT2D eigenvalue weighted by molar-refractivity contribution is 6.08. The molecular weight excluding hydrogens is 345 g/mol. The van der Waals surface area contributed by atoms with Gasteiger partial charge in [0, 0.05) is 11.5 Å². The number of fused-ring (bicyclic) bond motifs is 1. The van der Waals surface area contributed by atoms with E-state index < -0.39 is 11.7 Å². The number of benzene rings is 3. The number of amides is 1. The third-order valence-electron chi connectivity index (χ3n) is 4.13. The lowest BCUT2D eigenvalue weighted by molar-refractivity contribution is 0.102. The molecule has 0 saturated carbocycles. The van der Waals surface area contributed by atoms with Crippen LogP contribution in [-0.2, 0) is 6.61 Å².